The van der Waals surface area contributed by atoms with Crippen molar-refractivity contribution in [2.45, 2.75) is 38.1 Å². The normalized spacial score (nSPS) is 12.1. The summed E-state index contributed by atoms with van der Waals surface area (Å²) >= 11 is 0. The minimum absolute atomic E-state index is 0.00399. The highest BCUT2D eigenvalue weighted by atomic mass is 32.2. The van der Waals surface area contributed by atoms with Crippen molar-refractivity contribution in [2.24, 2.45) is 5.92 Å². The maximum atomic E-state index is 13.7. The molecule has 7 nitrogen and oxygen atoms in total. The van der Waals surface area contributed by atoms with Gasteiger partial charge in [-0.1, -0.05) is 62.4 Å². The summed E-state index contributed by atoms with van der Waals surface area (Å²) in [6.07, 6.45) is 0.483. The largest absolute Gasteiger partial charge is 0.354 e. The summed E-state index contributed by atoms with van der Waals surface area (Å²) in [5, 5.41) is 2.86. The second-order valence-electron chi connectivity index (χ2n) is 9.44. The number of anilines is 1. The Balaban J connectivity index is 1.94. The van der Waals surface area contributed by atoms with Gasteiger partial charge in [-0.05, 0) is 61.2 Å². The van der Waals surface area contributed by atoms with Crippen molar-refractivity contribution in [1.82, 2.24) is 10.2 Å². The molecular formula is C29H34FN3O4S. The van der Waals surface area contributed by atoms with Gasteiger partial charge in [0.2, 0.25) is 11.8 Å². The third kappa shape index (κ3) is 7.64. The lowest BCUT2D eigenvalue weighted by molar-refractivity contribution is -0.138. The van der Waals surface area contributed by atoms with Gasteiger partial charge in [-0.25, -0.2) is 12.8 Å². The van der Waals surface area contributed by atoms with Crippen LogP contribution < -0.4 is 9.62 Å². The highest BCUT2D eigenvalue weighted by Crippen LogP contribution is 2.24. The van der Waals surface area contributed by atoms with Gasteiger partial charge in [-0.15, -0.1) is 0 Å². The molecule has 3 aromatic rings. The Hall–Kier alpha value is -3.72. The molecule has 202 valence electrons. The van der Waals surface area contributed by atoms with Gasteiger partial charge in [0.25, 0.3) is 10.0 Å². The zero-order valence-corrected chi connectivity index (χ0v) is 22.7. The molecule has 0 unspecified atom stereocenters. The first kappa shape index (κ1) is 28.8. The van der Waals surface area contributed by atoms with Crippen LogP contribution in [0.1, 0.15) is 26.3 Å². The average Bonchev–Trinajstić information content (AvgIpc) is 2.92. The molecule has 0 fully saturated rings. The number of sulfonamides is 1. The Morgan fingerprint density at radius 2 is 1.45 bits per heavy atom. The van der Waals surface area contributed by atoms with E-state index in [0.29, 0.717) is 13.0 Å². The smallest absolute Gasteiger partial charge is 0.264 e. The van der Waals surface area contributed by atoms with E-state index in [0.717, 1.165) is 22.0 Å². The summed E-state index contributed by atoms with van der Waals surface area (Å²) in [5.41, 5.74) is 1.12. The molecule has 38 heavy (non-hydrogen) atoms. The summed E-state index contributed by atoms with van der Waals surface area (Å²) in [4.78, 5) is 28.1. The fourth-order valence-corrected chi connectivity index (χ4v) is 5.31. The molecule has 0 radical (unpaired) electrons. The number of hydrogen-bond acceptors (Lipinski definition) is 4. The lowest BCUT2D eigenvalue weighted by atomic mass is 10.1. The Bertz CT molecular complexity index is 1300. The maximum absolute atomic E-state index is 13.7. The number of nitrogens with zero attached hydrogens (tertiary/aromatic N) is 2. The molecule has 0 saturated heterocycles. The van der Waals surface area contributed by atoms with Crippen LogP contribution in [-0.2, 0) is 26.0 Å². The molecule has 1 atom stereocenters. The van der Waals surface area contributed by atoms with Crippen molar-refractivity contribution in [1.29, 1.82) is 0 Å². The van der Waals surface area contributed by atoms with Gasteiger partial charge >= 0.3 is 0 Å². The van der Waals surface area contributed by atoms with Gasteiger partial charge in [0.05, 0.1) is 10.6 Å². The van der Waals surface area contributed by atoms with Gasteiger partial charge < -0.3 is 10.2 Å². The van der Waals surface area contributed by atoms with Crippen LogP contribution in [0.2, 0.25) is 0 Å². The summed E-state index contributed by atoms with van der Waals surface area (Å²) in [6.45, 7) is 5.68. The van der Waals surface area contributed by atoms with E-state index in [1.54, 1.807) is 25.1 Å². The Morgan fingerprint density at radius 1 is 0.868 bits per heavy atom. The van der Waals surface area contributed by atoms with Gasteiger partial charge in [-0.3, -0.25) is 13.9 Å². The quantitative estimate of drug-likeness (QED) is 0.373. The lowest BCUT2D eigenvalue weighted by Crippen LogP contribution is -2.52. The van der Waals surface area contributed by atoms with Crippen LogP contribution in [0, 0.1) is 11.7 Å². The van der Waals surface area contributed by atoms with Gasteiger partial charge in [0, 0.05) is 13.1 Å². The fraction of sp³-hybridized carbons (Fsp3) is 0.310. The minimum Gasteiger partial charge on any atom is -0.354 e. The topological polar surface area (TPSA) is 86.8 Å². The SMILES string of the molecule is CC(C)CNC(=O)[C@H](C)N(CCc1ccccc1)C(=O)CN(c1ccc(F)cc1)S(=O)(=O)c1ccccc1. The minimum atomic E-state index is -4.17. The van der Waals surface area contributed by atoms with E-state index in [2.05, 4.69) is 5.32 Å². The van der Waals surface area contributed by atoms with Crippen molar-refractivity contribution in [3.63, 3.8) is 0 Å². The number of rotatable bonds is 12. The molecule has 0 aliphatic carbocycles. The zero-order valence-electron chi connectivity index (χ0n) is 21.9. The number of carbonyl (C=O) groups is 2. The fourth-order valence-electron chi connectivity index (χ4n) is 3.88. The molecule has 9 heteroatoms. The van der Waals surface area contributed by atoms with Crippen molar-refractivity contribution in [2.75, 3.05) is 23.9 Å². The van der Waals surface area contributed by atoms with Gasteiger partial charge in [0.1, 0.15) is 18.4 Å². The van der Waals surface area contributed by atoms with E-state index in [4.69, 9.17) is 0 Å². The molecule has 0 aromatic heterocycles. The molecule has 0 heterocycles. The van der Waals surface area contributed by atoms with Gasteiger partial charge in [-0.2, -0.15) is 0 Å². The van der Waals surface area contributed by atoms with Crippen molar-refractivity contribution >= 4 is 27.5 Å². The number of nitrogens with one attached hydrogen (secondary N) is 1. The molecule has 0 bridgehead atoms. The van der Waals surface area contributed by atoms with E-state index >= 15 is 0 Å². The Morgan fingerprint density at radius 3 is 2.03 bits per heavy atom. The maximum Gasteiger partial charge on any atom is 0.264 e. The summed E-state index contributed by atoms with van der Waals surface area (Å²) in [5.74, 6) is -1.17. The predicted octanol–water partition coefficient (Wildman–Crippen LogP) is 4.25. The van der Waals surface area contributed by atoms with E-state index < -0.39 is 34.3 Å². The second-order valence-corrected chi connectivity index (χ2v) is 11.3. The van der Waals surface area contributed by atoms with Crippen LogP contribution in [-0.4, -0.2) is 50.8 Å². The van der Waals surface area contributed by atoms with E-state index in [9.17, 15) is 22.4 Å². The van der Waals surface area contributed by atoms with E-state index in [-0.39, 0.29) is 29.0 Å². The highest BCUT2D eigenvalue weighted by molar-refractivity contribution is 7.92. The zero-order chi connectivity index (χ0) is 27.7. The van der Waals surface area contributed by atoms with Gasteiger partial charge in [0.15, 0.2) is 0 Å². The molecule has 0 saturated carbocycles. The number of carbonyl (C=O) groups excluding carboxylic acids is 2. The molecular weight excluding hydrogens is 505 g/mol. The van der Waals surface area contributed by atoms with Crippen LogP contribution in [0.25, 0.3) is 0 Å². The monoisotopic (exact) mass is 539 g/mol. The molecule has 0 aliphatic rings. The van der Waals surface area contributed by atoms with E-state index in [1.165, 1.54) is 29.2 Å². The van der Waals surface area contributed by atoms with Crippen molar-refractivity contribution in [3.8, 4) is 0 Å². The molecule has 2 amide bonds. The lowest BCUT2D eigenvalue weighted by Gasteiger charge is -2.32. The summed E-state index contributed by atoms with van der Waals surface area (Å²) in [6, 6.07) is 21.3. The van der Waals surface area contributed by atoms with Crippen LogP contribution in [0.4, 0.5) is 10.1 Å². The summed E-state index contributed by atoms with van der Waals surface area (Å²) < 4.78 is 41.9. The average molecular weight is 540 g/mol. The number of benzene rings is 3. The second kappa shape index (κ2) is 13.2. The number of halogens is 1. The first-order chi connectivity index (χ1) is 18.1. The van der Waals surface area contributed by atoms with Crippen LogP contribution >= 0.6 is 0 Å². The van der Waals surface area contributed by atoms with E-state index in [1.807, 2.05) is 44.2 Å². The van der Waals surface area contributed by atoms with Crippen LogP contribution in [0.5, 0.6) is 0 Å². The Kier molecular flexibility index (Phi) is 10.0. The standard InChI is InChI=1S/C29H34FN3O4S/c1-22(2)20-31-29(35)23(3)32(19-18-24-10-6-4-7-11-24)28(34)21-33(26-16-14-25(30)15-17-26)38(36,37)27-12-8-5-9-13-27/h4-17,22-23H,18-21H2,1-3H3,(H,31,35)/t23-/m0/s1. The molecule has 1 N–H and O–H groups in total. The summed E-state index contributed by atoms with van der Waals surface area (Å²) in [7, 11) is -4.17. The number of hydrogen-bond donors (Lipinski definition) is 1. The third-order valence-corrected chi connectivity index (χ3v) is 7.85. The molecule has 3 aromatic carbocycles. The van der Waals surface area contributed by atoms with Crippen molar-refractivity contribution < 1.29 is 22.4 Å². The van der Waals surface area contributed by atoms with Crippen LogP contribution in [0.15, 0.2) is 89.8 Å². The first-order valence-electron chi connectivity index (χ1n) is 12.5. The molecule has 3 rings (SSSR count). The number of amides is 2. The predicted molar refractivity (Wildman–Crippen MR) is 147 cm³/mol. The highest BCUT2D eigenvalue weighted by Gasteiger charge is 2.32. The molecule has 0 spiro atoms. The first-order valence-corrected chi connectivity index (χ1v) is 14.0. The Labute approximate surface area is 224 Å². The van der Waals surface area contributed by atoms with Crippen molar-refractivity contribution in [3.05, 3.63) is 96.3 Å². The third-order valence-electron chi connectivity index (χ3n) is 6.06. The van der Waals surface area contributed by atoms with Crippen LogP contribution in [0.3, 0.4) is 0 Å². The molecule has 0 aliphatic heterocycles.